The summed E-state index contributed by atoms with van der Waals surface area (Å²) in [6.45, 7) is 0.386. The van der Waals surface area contributed by atoms with Gasteiger partial charge in [0.1, 0.15) is 0 Å². The Labute approximate surface area is 183 Å². The minimum absolute atomic E-state index is 0.189. The number of para-hydroxylation sites is 2. The van der Waals surface area contributed by atoms with Crippen LogP contribution in [0.4, 0.5) is 11.4 Å². The molecule has 1 amide bonds. The largest absolute Gasteiger partial charge is 0.472 e. The lowest BCUT2D eigenvalue weighted by atomic mass is 10.1. The molecule has 5 rings (SSSR count). The number of carbonyl (C=O) groups excluding carboxylic acids is 1. The van der Waals surface area contributed by atoms with Crippen molar-refractivity contribution in [3.63, 3.8) is 0 Å². The van der Waals surface area contributed by atoms with Gasteiger partial charge in [-0.3, -0.25) is 9.36 Å². The van der Waals surface area contributed by atoms with Crippen molar-refractivity contribution in [3.8, 4) is 11.1 Å². The Morgan fingerprint density at radius 1 is 1.00 bits per heavy atom. The second-order valence-electron chi connectivity index (χ2n) is 7.50. The van der Waals surface area contributed by atoms with Gasteiger partial charge in [-0.25, -0.2) is 4.79 Å². The fraction of sp³-hybridized carbons (Fsp3) is 0.0400. The number of furan rings is 1. The number of fused-ring (bicyclic) bond motifs is 1. The number of aromatic nitrogens is 2. The van der Waals surface area contributed by atoms with Crippen LogP contribution in [-0.2, 0) is 6.54 Å². The van der Waals surface area contributed by atoms with Gasteiger partial charge in [0.05, 0.1) is 41.5 Å². The van der Waals surface area contributed by atoms with Gasteiger partial charge < -0.3 is 20.5 Å². The average Bonchev–Trinajstić information content (AvgIpc) is 3.44. The average molecular weight is 424 g/mol. The Kier molecular flexibility index (Phi) is 4.84. The van der Waals surface area contributed by atoms with E-state index in [1.54, 1.807) is 41.4 Å². The molecular weight excluding hydrogens is 404 g/mol. The third kappa shape index (κ3) is 3.67. The lowest BCUT2D eigenvalue weighted by Gasteiger charge is -2.09. The first kappa shape index (κ1) is 19.4. The molecule has 158 valence electrons. The third-order valence-corrected chi connectivity index (χ3v) is 5.39. The SMILES string of the molecule is Nc1ccccc1NC(=O)c1ccc(Cn2c(=O)[nH]c3cc(-c4ccoc4)ccc32)cc1. The van der Waals surface area contributed by atoms with Gasteiger partial charge in [0.25, 0.3) is 5.91 Å². The molecule has 0 unspecified atom stereocenters. The van der Waals surface area contributed by atoms with E-state index in [1.807, 2.05) is 48.5 Å². The molecule has 32 heavy (non-hydrogen) atoms. The van der Waals surface area contributed by atoms with Crippen LogP contribution >= 0.6 is 0 Å². The molecule has 0 aliphatic rings. The number of amides is 1. The number of rotatable bonds is 5. The summed E-state index contributed by atoms with van der Waals surface area (Å²) in [5.74, 6) is -0.245. The molecule has 0 saturated carbocycles. The molecule has 0 spiro atoms. The zero-order chi connectivity index (χ0) is 22.1. The number of nitrogens with zero attached hydrogens (tertiary/aromatic N) is 1. The normalized spacial score (nSPS) is 11.0. The van der Waals surface area contributed by atoms with Crippen LogP contribution < -0.4 is 16.7 Å². The van der Waals surface area contributed by atoms with Gasteiger partial charge in [0.2, 0.25) is 0 Å². The van der Waals surface area contributed by atoms with E-state index in [0.717, 1.165) is 27.7 Å². The smallest absolute Gasteiger partial charge is 0.326 e. The summed E-state index contributed by atoms with van der Waals surface area (Å²) in [6, 6.07) is 21.9. The number of hydrogen-bond acceptors (Lipinski definition) is 4. The molecular formula is C25H20N4O3. The predicted octanol–water partition coefficient (Wildman–Crippen LogP) is 4.47. The zero-order valence-corrected chi connectivity index (χ0v) is 17.0. The van der Waals surface area contributed by atoms with Gasteiger partial charge in [-0.2, -0.15) is 0 Å². The van der Waals surface area contributed by atoms with Crippen molar-refractivity contribution in [2.24, 2.45) is 0 Å². The maximum atomic E-state index is 12.6. The van der Waals surface area contributed by atoms with Gasteiger partial charge in [0, 0.05) is 11.1 Å². The van der Waals surface area contributed by atoms with Gasteiger partial charge in [0.15, 0.2) is 0 Å². The van der Waals surface area contributed by atoms with E-state index in [0.29, 0.717) is 23.5 Å². The summed E-state index contributed by atoms with van der Waals surface area (Å²) in [5.41, 5.74) is 11.7. The van der Waals surface area contributed by atoms with Crippen molar-refractivity contribution in [1.82, 2.24) is 9.55 Å². The van der Waals surface area contributed by atoms with Gasteiger partial charge >= 0.3 is 5.69 Å². The molecule has 2 heterocycles. The minimum Gasteiger partial charge on any atom is -0.472 e. The highest BCUT2D eigenvalue weighted by Crippen LogP contribution is 2.24. The summed E-state index contributed by atoms with van der Waals surface area (Å²) >= 11 is 0. The summed E-state index contributed by atoms with van der Waals surface area (Å²) < 4.78 is 6.82. The first-order valence-electron chi connectivity index (χ1n) is 10.1. The highest BCUT2D eigenvalue weighted by Gasteiger charge is 2.11. The zero-order valence-electron chi connectivity index (χ0n) is 17.0. The van der Waals surface area contributed by atoms with E-state index in [-0.39, 0.29) is 11.6 Å². The summed E-state index contributed by atoms with van der Waals surface area (Å²) in [6.07, 6.45) is 3.28. The lowest BCUT2D eigenvalue weighted by Crippen LogP contribution is -2.17. The summed E-state index contributed by atoms with van der Waals surface area (Å²) in [4.78, 5) is 28.0. The van der Waals surface area contributed by atoms with Crippen LogP contribution in [0, 0.1) is 0 Å². The number of H-pyrrole nitrogens is 1. The van der Waals surface area contributed by atoms with E-state index < -0.39 is 0 Å². The molecule has 7 nitrogen and oxygen atoms in total. The van der Waals surface area contributed by atoms with Gasteiger partial charge in [-0.15, -0.1) is 0 Å². The van der Waals surface area contributed by atoms with E-state index in [1.165, 1.54) is 0 Å². The molecule has 0 fully saturated rings. The van der Waals surface area contributed by atoms with Crippen molar-refractivity contribution < 1.29 is 9.21 Å². The molecule has 7 heteroatoms. The minimum atomic E-state index is -0.245. The number of hydrogen-bond donors (Lipinski definition) is 3. The number of nitrogens with one attached hydrogen (secondary N) is 2. The van der Waals surface area contributed by atoms with Crippen molar-refractivity contribution >= 4 is 28.3 Å². The molecule has 5 aromatic rings. The predicted molar refractivity (Wildman–Crippen MR) is 125 cm³/mol. The number of nitrogens with two attached hydrogens (primary N) is 1. The molecule has 3 aromatic carbocycles. The summed E-state index contributed by atoms with van der Waals surface area (Å²) in [7, 11) is 0. The number of imidazole rings is 1. The van der Waals surface area contributed by atoms with Crippen LogP contribution in [-0.4, -0.2) is 15.5 Å². The Hall–Kier alpha value is -4.52. The highest BCUT2D eigenvalue weighted by molar-refractivity contribution is 6.05. The molecule has 2 aromatic heterocycles. The molecule has 0 atom stereocenters. The van der Waals surface area contributed by atoms with E-state index in [4.69, 9.17) is 10.2 Å². The molecule has 0 bridgehead atoms. The van der Waals surface area contributed by atoms with Crippen LogP contribution in [0.1, 0.15) is 15.9 Å². The van der Waals surface area contributed by atoms with Crippen LogP contribution in [0.25, 0.3) is 22.2 Å². The number of anilines is 2. The Morgan fingerprint density at radius 3 is 2.56 bits per heavy atom. The fourth-order valence-electron chi connectivity index (χ4n) is 3.68. The Balaban J connectivity index is 1.36. The van der Waals surface area contributed by atoms with Gasteiger partial charge in [-0.05, 0) is 53.6 Å². The van der Waals surface area contributed by atoms with E-state index >= 15 is 0 Å². The molecule has 0 saturated heterocycles. The Morgan fingerprint density at radius 2 is 1.81 bits per heavy atom. The van der Waals surface area contributed by atoms with E-state index in [9.17, 15) is 9.59 Å². The second-order valence-corrected chi connectivity index (χ2v) is 7.50. The van der Waals surface area contributed by atoms with Crippen molar-refractivity contribution in [1.29, 1.82) is 0 Å². The van der Waals surface area contributed by atoms with Crippen molar-refractivity contribution in [2.75, 3.05) is 11.1 Å². The van der Waals surface area contributed by atoms with Crippen LogP contribution in [0.3, 0.4) is 0 Å². The number of nitrogen functional groups attached to an aromatic ring is 1. The maximum Gasteiger partial charge on any atom is 0.326 e. The Bertz CT molecular complexity index is 1460. The number of aromatic amines is 1. The van der Waals surface area contributed by atoms with Crippen LogP contribution in [0.15, 0.2) is 94.5 Å². The number of benzene rings is 3. The van der Waals surface area contributed by atoms with Crippen LogP contribution in [0.5, 0.6) is 0 Å². The molecule has 0 radical (unpaired) electrons. The van der Waals surface area contributed by atoms with Gasteiger partial charge in [-0.1, -0.05) is 30.3 Å². The highest BCUT2D eigenvalue weighted by atomic mass is 16.3. The molecule has 4 N–H and O–H groups in total. The van der Waals surface area contributed by atoms with Crippen LogP contribution in [0.2, 0.25) is 0 Å². The summed E-state index contributed by atoms with van der Waals surface area (Å²) in [5, 5.41) is 2.81. The maximum absolute atomic E-state index is 12.6. The molecule has 0 aliphatic heterocycles. The monoisotopic (exact) mass is 424 g/mol. The lowest BCUT2D eigenvalue weighted by molar-refractivity contribution is 0.102. The van der Waals surface area contributed by atoms with E-state index in [2.05, 4.69) is 10.3 Å². The number of carbonyl (C=O) groups is 1. The van der Waals surface area contributed by atoms with Crippen molar-refractivity contribution in [2.45, 2.75) is 6.54 Å². The first-order valence-corrected chi connectivity index (χ1v) is 10.1. The topological polar surface area (TPSA) is 106 Å². The fourth-order valence-corrected chi connectivity index (χ4v) is 3.68. The first-order chi connectivity index (χ1) is 15.6. The second kappa shape index (κ2) is 7.96. The molecule has 0 aliphatic carbocycles. The quantitative estimate of drug-likeness (QED) is 0.362. The standard InChI is InChI=1S/C25H20N4O3/c26-20-3-1-2-4-21(20)27-24(30)17-7-5-16(6-8-17)14-29-23-10-9-18(19-11-12-32-15-19)13-22(23)28-25(29)31/h1-13,15H,14,26H2,(H,27,30)(H,28,31). The third-order valence-electron chi connectivity index (χ3n) is 5.39. The van der Waals surface area contributed by atoms with Crippen molar-refractivity contribution in [3.05, 3.63) is 107 Å².